The molecule has 0 amide bonds. The number of aromatic nitrogens is 1. The van der Waals surface area contributed by atoms with Crippen molar-refractivity contribution in [2.75, 3.05) is 11.6 Å². The summed E-state index contributed by atoms with van der Waals surface area (Å²) in [6.45, 7) is 0. The molecule has 1 aliphatic rings. The zero-order chi connectivity index (χ0) is 16.6. The zero-order valence-electron chi connectivity index (χ0n) is 12.3. The summed E-state index contributed by atoms with van der Waals surface area (Å²) in [7, 11) is -3.44. The Kier molecular flexibility index (Phi) is 3.65. The largest absolute Gasteiger partial charge is 0.478 e. The van der Waals surface area contributed by atoms with E-state index in [1.807, 2.05) is 0 Å². The van der Waals surface area contributed by atoms with Crippen molar-refractivity contribution in [3.05, 3.63) is 59.4 Å². The van der Waals surface area contributed by atoms with E-state index in [2.05, 4.69) is 10.3 Å². The molecule has 0 unspecified atom stereocenters. The number of carboxylic acid groups (broad SMARTS) is 1. The van der Waals surface area contributed by atoms with Gasteiger partial charge in [-0.3, -0.25) is 4.98 Å². The Balaban J connectivity index is 2.20. The van der Waals surface area contributed by atoms with E-state index in [1.165, 1.54) is 6.07 Å². The molecule has 0 bridgehead atoms. The summed E-state index contributed by atoms with van der Waals surface area (Å²) in [5, 5.41) is 12.5. The number of nitrogens with one attached hydrogen (secondary N) is 1. The summed E-state index contributed by atoms with van der Waals surface area (Å²) in [6, 6.07) is 8.27. The summed E-state index contributed by atoms with van der Waals surface area (Å²) < 4.78 is 24.0. The molecule has 0 aliphatic carbocycles. The van der Waals surface area contributed by atoms with Crippen LogP contribution in [0, 0.1) is 0 Å². The highest BCUT2D eigenvalue weighted by Crippen LogP contribution is 2.36. The molecule has 23 heavy (non-hydrogen) atoms. The van der Waals surface area contributed by atoms with Crippen molar-refractivity contribution in [3.8, 4) is 0 Å². The lowest BCUT2D eigenvalue weighted by molar-refractivity contribution is -0.132. The van der Waals surface area contributed by atoms with Gasteiger partial charge in [0.2, 0.25) is 0 Å². The van der Waals surface area contributed by atoms with E-state index < -0.39 is 15.8 Å². The van der Waals surface area contributed by atoms with Gasteiger partial charge in [-0.15, -0.1) is 0 Å². The molecule has 1 aliphatic heterocycles. The Morgan fingerprint density at radius 3 is 2.65 bits per heavy atom. The first kappa shape index (κ1) is 15.2. The van der Waals surface area contributed by atoms with Gasteiger partial charge in [0.05, 0.1) is 21.9 Å². The molecule has 6 nitrogen and oxygen atoms in total. The van der Waals surface area contributed by atoms with Gasteiger partial charge in [0.15, 0.2) is 9.84 Å². The lowest BCUT2D eigenvalue weighted by Gasteiger charge is -2.24. The van der Waals surface area contributed by atoms with Crippen LogP contribution in [-0.2, 0) is 21.1 Å². The smallest absolute Gasteiger partial charge is 0.334 e. The SMILES string of the molecule is CS(=O)(=O)c1cccc2c1NC(c1cccnc1)=C(C(=O)O)C2. The number of hydrogen-bond acceptors (Lipinski definition) is 5. The molecule has 0 spiro atoms. The van der Waals surface area contributed by atoms with E-state index in [9.17, 15) is 18.3 Å². The van der Waals surface area contributed by atoms with Crippen LogP contribution >= 0.6 is 0 Å². The molecule has 2 N–H and O–H groups in total. The fourth-order valence-corrected chi connectivity index (χ4v) is 3.47. The first-order valence-electron chi connectivity index (χ1n) is 6.83. The number of nitrogens with zero attached hydrogens (tertiary/aromatic N) is 1. The third kappa shape index (κ3) is 2.83. The predicted molar refractivity (Wildman–Crippen MR) is 85.7 cm³/mol. The van der Waals surface area contributed by atoms with Crippen LogP contribution in [0.2, 0.25) is 0 Å². The second kappa shape index (κ2) is 5.51. The Morgan fingerprint density at radius 2 is 2.04 bits per heavy atom. The van der Waals surface area contributed by atoms with Crippen LogP contribution < -0.4 is 5.32 Å². The molecule has 1 aromatic carbocycles. The van der Waals surface area contributed by atoms with Crippen LogP contribution in [-0.4, -0.2) is 30.7 Å². The van der Waals surface area contributed by atoms with Crippen LogP contribution in [0.25, 0.3) is 5.70 Å². The summed E-state index contributed by atoms with van der Waals surface area (Å²) in [6.07, 6.45) is 4.40. The van der Waals surface area contributed by atoms with E-state index in [1.54, 1.807) is 36.7 Å². The standard InChI is InChI=1S/C16H14N2O4S/c1-23(21,22)13-6-2-4-10-8-12(16(19)20)14(18-15(10)13)11-5-3-7-17-9-11/h2-7,9,18H,8H2,1H3,(H,19,20). The van der Waals surface area contributed by atoms with Gasteiger partial charge in [-0.25, -0.2) is 13.2 Å². The third-order valence-electron chi connectivity index (χ3n) is 3.64. The third-order valence-corrected chi connectivity index (χ3v) is 4.78. The maximum Gasteiger partial charge on any atom is 0.334 e. The molecule has 2 aromatic rings. The highest BCUT2D eigenvalue weighted by molar-refractivity contribution is 7.90. The van der Waals surface area contributed by atoms with Crippen molar-refractivity contribution in [2.24, 2.45) is 0 Å². The first-order valence-corrected chi connectivity index (χ1v) is 8.73. The van der Waals surface area contributed by atoms with E-state index in [-0.39, 0.29) is 16.9 Å². The fraction of sp³-hybridized carbons (Fsp3) is 0.125. The molecule has 0 saturated heterocycles. The number of hydrogen-bond donors (Lipinski definition) is 2. The van der Waals surface area contributed by atoms with Gasteiger partial charge in [-0.1, -0.05) is 12.1 Å². The summed E-state index contributed by atoms with van der Waals surface area (Å²) in [5.41, 5.74) is 2.21. The Bertz CT molecular complexity index is 918. The van der Waals surface area contributed by atoms with Crippen LogP contribution in [0.4, 0.5) is 5.69 Å². The van der Waals surface area contributed by atoms with Gasteiger partial charge in [0.1, 0.15) is 0 Å². The molecule has 0 fully saturated rings. The molecule has 118 valence electrons. The summed E-state index contributed by atoms with van der Waals surface area (Å²) in [4.78, 5) is 15.7. The molecule has 7 heteroatoms. The van der Waals surface area contributed by atoms with Crippen molar-refractivity contribution in [3.63, 3.8) is 0 Å². The minimum absolute atomic E-state index is 0.144. The number of fused-ring (bicyclic) bond motifs is 1. The van der Waals surface area contributed by atoms with E-state index in [0.29, 0.717) is 22.5 Å². The van der Waals surface area contributed by atoms with Gasteiger partial charge >= 0.3 is 5.97 Å². The van der Waals surface area contributed by atoms with Gasteiger partial charge < -0.3 is 10.4 Å². The van der Waals surface area contributed by atoms with Crippen LogP contribution in [0.3, 0.4) is 0 Å². The highest BCUT2D eigenvalue weighted by Gasteiger charge is 2.27. The number of carboxylic acids is 1. The lowest BCUT2D eigenvalue weighted by Crippen LogP contribution is -2.19. The van der Waals surface area contributed by atoms with Crippen molar-refractivity contribution in [2.45, 2.75) is 11.3 Å². The van der Waals surface area contributed by atoms with Crippen molar-refractivity contribution in [1.29, 1.82) is 0 Å². The summed E-state index contributed by atoms with van der Waals surface area (Å²) >= 11 is 0. The normalized spacial score (nSPS) is 14.1. The average molecular weight is 330 g/mol. The molecule has 0 atom stereocenters. The van der Waals surface area contributed by atoms with E-state index in [0.717, 1.165) is 6.26 Å². The Morgan fingerprint density at radius 1 is 1.26 bits per heavy atom. The number of aliphatic carboxylic acids is 1. The van der Waals surface area contributed by atoms with E-state index >= 15 is 0 Å². The van der Waals surface area contributed by atoms with Gasteiger partial charge in [0, 0.05) is 30.6 Å². The van der Waals surface area contributed by atoms with Crippen LogP contribution in [0.5, 0.6) is 0 Å². The maximum atomic E-state index is 12.0. The fourth-order valence-electron chi connectivity index (χ4n) is 2.59. The zero-order valence-corrected chi connectivity index (χ0v) is 13.1. The number of para-hydroxylation sites is 1. The molecule has 0 radical (unpaired) electrons. The Labute approximate surface area is 133 Å². The molecule has 2 heterocycles. The minimum atomic E-state index is -3.44. The number of benzene rings is 1. The number of anilines is 1. The van der Waals surface area contributed by atoms with E-state index in [4.69, 9.17) is 0 Å². The second-order valence-electron chi connectivity index (χ2n) is 5.26. The monoisotopic (exact) mass is 330 g/mol. The highest BCUT2D eigenvalue weighted by atomic mass is 32.2. The second-order valence-corrected chi connectivity index (χ2v) is 7.25. The van der Waals surface area contributed by atoms with Gasteiger partial charge in [-0.05, 0) is 23.8 Å². The lowest BCUT2D eigenvalue weighted by atomic mass is 9.95. The quantitative estimate of drug-likeness (QED) is 0.893. The van der Waals surface area contributed by atoms with Crippen molar-refractivity contribution >= 4 is 27.2 Å². The van der Waals surface area contributed by atoms with Gasteiger partial charge in [0.25, 0.3) is 0 Å². The Hall–Kier alpha value is -2.67. The van der Waals surface area contributed by atoms with Crippen LogP contribution in [0.1, 0.15) is 11.1 Å². The number of rotatable bonds is 3. The topological polar surface area (TPSA) is 96.4 Å². The number of carbonyl (C=O) groups is 1. The van der Waals surface area contributed by atoms with Crippen molar-refractivity contribution < 1.29 is 18.3 Å². The average Bonchev–Trinajstić information content (AvgIpc) is 2.52. The maximum absolute atomic E-state index is 12.0. The minimum Gasteiger partial charge on any atom is -0.478 e. The predicted octanol–water partition coefficient (Wildman–Crippen LogP) is 1.95. The molecule has 0 saturated carbocycles. The molecule has 1 aromatic heterocycles. The van der Waals surface area contributed by atoms with Crippen molar-refractivity contribution in [1.82, 2.24) is 4.98 Å². The van der Waals surface area contributed by atoms with Crippen LogP contribution in [0.15, 0.2) is 53.2 Å². The number of pyridine rings is 1. The summed E-state index contributed by atoms with van der Waals surface area (Å²) in [5.74, 6) is -1.05. The number of sulfone groups is 1. The molecular formula is C16H14N2O4S. The molecule has 3 rings (SSSR count). The van der Waals surface area contributed by atoms with Gasteiger partial charge in [-0.2, -0.15) is 0 Å². The first-order chi connectivity index (χ1) is 10.9. The molecular weight excluding hydrogens is 316 g/mol.